The van der Waals surface area contributed by atoms with Gasteiger partial charge >= 0.3 is 0 Å². The maximum atomic E-state index is 5.60. The standard InChI is InChI=1S/C15H16N2OS/c1-18-13(10-6-3-2-4-7-10)14-16-12-9-5-8-11(12)15(19)17-14/h2-4,6-7,13H,5,8-9H2,1H3,(H,16,17,19). The average molecular weight is 272 g/mol. The van der Waals surface area contributed by atoms with Gasteiger partial charge in [0.1, 0.15) is 16.6 Å². The lowest BCUT2D eigenvalue weighted by molar-refractivity contribution is 0.128. The van der Waals surface area contributed by atoms with E-state index in [1.165, 1.54) is 11.3 Å². The van der Waals surface area contributed by atoms with E-state index >= 15 is 0 Å². The van der Waals surface area contributed by atoms with Gasteiger partial charge in [-0.1, -0.05) is 42.5 Å². The van der Waals surface area contributed by atoms with Gasteiger partial charge in [-0.3, -0.25) is 0 Å². The van der Waals surface area contributed by atoms with Crippen molar-refractivity contribution >= 4 is 12.2 Å². The van der Waals surface area contributed by atoms with Gasteiger partial charge < -0.3 is 9.72 Å². The fraction of sp³-hybridized carbons (Fsp3) is 0.333. The summed E-state index contributed by atoms with van der Waals surface area (Å²) in [6.07, 6.45) is 3.07. The summed E-state index contributed by atoms with van der Waals surface area (Å²) in [6, 6.07) is 10.1. The largest absolute Gasteiger partial charge is 0.369 e. The van der Waals surface area contributed by atoms with E-state index in [1.807, 2.05) is 30.3 Å². The van der Waals surface area contributed by atoms with Crippen molar-refractivity contribution in [1.29, 1.82) is 0 Å². The maximum absolute atomic E-state index is 5.60. The molecule has 1 aliphatic rings. The van der Waals surface area contributed by atoms with Gasteiger partial charge in [-0.15, -0.1) is 0 Å². The normalized spacial score (nSPS) is 15.2. The Morgan fingerprint density at radius 1 is 1.26 bits per heavy atom. The van der Waals surface area contributed by atoms with Crippen LogP contribution in [0.5, 0.6) is 0 Å². The molecule has 3 nitrogen and oxygen atoms in total. The molecule has 1 aromatic heterocycles. The van der Waals surface area contributed by atoms with Crippen molar-refractivity contribution in [1.82, 2.24) is 9.97 Å². The first-order chi connectivity index (χ1) is 9.29. The van der Waals surface area contributed by atoms with E-state index in [0.717, 1.165) is 35.3 Å². The minimum absolute atomic E-state index is 0.186. The molecule has 0 fully saturated rings. The Morgan fingerprint density at radius 3 is 2.79 bits per heavy atom. The number of aryl methyl sites for hydroxylation is 1. The first-order valence-corrected chi connectivity index (χ1v) is 6.90. The number of hydrogen-bond donors (Lipinski definition) is 1. The first-order valence-electron chi connectivity index (χ1n) is 6.49. The molecular weight excluding hydrogens is 256 g/mol. The fourth-order valence-corrected chi connectivity index (χ4v) is 2.96. The Labute approximate surface area is 117 Å². The summed E-state index contributed by atoms with van der Waals surface area (Å²) in [6.45, 7) is 0. The highest BCUT2D eigenvalue weighted by Crippen LogP contribution is 2.26. The quantitative estimate of drug-likeness (QED) is 0.871. The van der Waals surface area contributed by atoms with Crippen LogP contribution in [0.25, 0.3) is 0 Å². The number of methoxy groups -OCH3 is 1. The number of rotatable bonds is 3. The molecule has 0 amide bonds. The third-order valence-electron chi connectivity index (χ3n) is 3.56. The molecule has 3 rings (SSSR count). The Kier molecular flexibility index (Phi) is 3.44. The molecule has 1 heterocycles. The number of fused-ring (bicyclic) bond motifs is 1. The summed E-state index contributed by atoms with van der Waals surface area (Å²) in [4.78, 5) is 7.94. The van der Waals surface area contributed by atoms with Crippen LogP contribution >= 0.6 is 12.2 Å². The van der Waals surface area contributed by atoms with Crippen LogP contribution < -0.4 is 0 Å². The predicted octanol–water partition coefficient (Wildman–Crippen LogP) is 3.36. The van der Waals surface area contributed by atoms with Crippen LogP contribution in [0.3, 0.4) is 0 Å². The molecule has 0 spiro atoms. The van der Waals surface area contributed by atoms with Crippen LogP contribution in [0, 0.1) is 4.64 Å². The van der Waals surface area contributed by atoms with Crippen molar-refractivity contribution in [3.05, 3.63) is 57.6 Å². The van der Waals surface area contributed by atoms with Crippen LogP contribution in [-0.4, -0.2) is 17.1 Å². The lowest BCUT2D eigenvalue weighted by Gasteiger charge is -2.16. The minimum Gasteiger partial charge on any atom is -0.369 e. The molecule has 1 atom stereocenters. The topological polar surface area (TPSA) is 37.9 Å². The van der Waals surface area contributed by atoms with E-state index in [1.54, 1.807) is 7.11 Å². The second kappa shape index (κ2) is 5.23. The molecular formula is C15H16N2OS. The number of hydrogen-bond acceptors (Lipinski definition) is 3. The molecule has 19 heavy (non-hydrogen) atoms. The number of benzene rings is 1. The molecule has 1 aromatic carbocycles. The van der Waals surface area contributed by atoms with Gasteiger partial charge in [0.05, 0.1) is 0 Å². The monoisotopic (exact) mass is 272 g/mol. The van der Waals surface area contributed by atoms with E-state index in [2.05, 4.69) is 9.97 Å². The first kappa shape index (κ1) is 12.5. The van der Waals surface area contributed by atoms with E-state index < -0.39 is 0 Å². The zero-order valence-corrected chi connectivity index (χ0v) is 11.7. The number of nitrogens with zero attached hydrogens (tertiary/aromatic N) is 1. The summed E-state index contributed by atoms with van der Waals surface area (Å²) in [5.74, 6) is 0.805. The fourth-order valence-electron chi connectivity index (χ4n) is 2.63. The Bertz CT molecular complexity index is 636. The molecule has 1 unspecified atom stereocenters. The third-order valence-corrected chi connectivity index (χ3v) is 3.90. The van der Waals surface area contributed by atoms with E-state index in [9.17, 15) is 0 Å². The molecule has 0 aliphatic heterocycles. The van der Waals surface area contributed by atoms with E-state index in [-0.39, 0.29) is 6.10 Å². The van der Waals surface area contributed by atoms with Crippen molar-refractivity contribution in [2.75, 3.05) is 7.11 Å². The number of H-pyrrole nitrogens is 1. The van der Waals surface area contributed by atoms with E-state index in [0.29, 0.717) is 0 Å². The van der Waals surface area contributed by atoms with Crippen LogP contribution in [0.4, 0.5) is 0 Å². The van der Waals surface area contributed by atoms with Crippen molar-refractivity contribution in [2.24, 2.45) is 0 Å². The number of ether oxygens (including phenoxy) is 1. The molecule has 0 saturated heterocycles. The van der Waals surface area contributed by atoms with Gasteiger partial charge in [-0.25, -0.2) is 4.98 Å². The average Bonchev–Trinajstić information content (AvgIpc) is 2.90. The maximum Gasteiger partial charge on any atom is 0.141 e. The van der Waals surface area contributed by atoms with Crippen molar-refractivity contribution < 1.29 is 4.74 Å². The second-order valence-corrected chi connectivity index (χ2v) is 5.15. The Morgan fingerprint density at radius 2 is 2.05 bits per heavy atom. The number of aromatic amines is 1. The van der Waals surface area contributed by atoms with Crippen molar-refractivity contribution in [2.45, 2.75) is 25.4 Å². The van der Waals surface area contributed by atoms with Gasteiger partial charge in [-0.2, -0.15) is 0 Å². The lowest BCUT2D eigenvalue weighted by atomic mass is 10.1. The summed E-state index contributed by atoms with van der Waals surface area (Å²) < 4.78 is 6.32. The van der Waals surface area contributed by atoms with Crippen LogP contribution in [-0.2, 0) is 17.6 Å². The number of nitrogens with one attached hydrogen (secondary N) is 1. The highest BCUT2D eigenvalue weighted by atomic mass is 32.1. The van der Waals surface area contributed by atoms with Gasteiger partial charge in [0.15, 0.2) is 0 Å². The molecule has 2 aromatic rings. The smallest absolute Gasteiger partial charge is 0.141 e. The van der Waals surface area contributed by atoms with Gasteiger partial charge in [0.2, 0.25) is 0 Å². The van der Waals surface area contributed by atoms with Crippen molar-refractivity contribution in [3.8, 4) is 0 Å². The van der Waals surface area contributed by atoms with Crippen molar-refractivity contribution in [3.63, 3.8) is 0 Å². The molecule has 1 N–H and O–H groups in total. The summed E-state index contributed by atoms with van der Waals surface area (Å²) in [5.41, 5.74) is 3.52. The van der Waals surface area contributed by atoms with Gasteiger partial charge in [-0.05, 0) is 24.8 Å². The molecule has 0 saturated carbocycles. The van der Waals surface area contributed by atoms with Crippen LogP contribution in [0.15, 0.2) is 30.3 Å². The molecule has 98 valence electrons. The molecule has 4 heteroatoms. The van der Waals surface area contributed by atoms with Crippen LogP contribution in [0.1, 0.15) is 35.2 Å². The van der Waals surface area contributed by atoms with Gasteiger partial charge in [0, 0.05) is 18.4 Å². The molecule has 0 radical (unpaired) electrons. The molecule has 1 aliphatic carbocycles. The second-order valence-electron chi connectivity index (χ2n) is 4.76. The summed E-state index contributed by atoms with van der Waals surface area (Å²) in [7, 11) is 1.70. The third kappa shape index (κ3) is 2.33. The lowest BCUT2D eigenvalue weighted by Crippen LogP contribution is -2.10. The van der Waals surface area contributed by atoms with Crippen LogP contribution in [0.2, 0.25) is 0 Å². The summed E-state index contributed by atoms with van der Waals surface area (Å²) >= 11 is 5.40. The van der Waals surface area contributed by atoms with E-state index in [4.69, 9.17) is 17.0 Å². The highest BCUT2D eigenvalue weighted by Gasteiger charge is 2.20. The Hall–Kier alpha value is -1.52. The molecule has 0 bridgehead atoms. The number of aromatic nitrogens is 2. The zero-order valence-electron chi connectivity index (χ0n) is 10.8. The highest BCUT2D eigenvalue weighted by molar-refractivity contribution is 7.71. The Balaban J connectivity index is 2.06. The predicted molar refractivity (Wildman–Crippen MR) is 76.7 cm³/mol. The zero-order chi connectivity index (χ0) is 13.2. The van der Waals surface area contributed by atoms with Gasteiger partial charge in [0.25, 0.3) is 0 Å². The SMILES string of the molecule is COC(c1ccccc1)c1nc(=S)c2c([nH]1)CCC2. The summed E-state index contributed by atoms with van der Waals surface area (Å²) in [5, 5.41) is 0. The minimum atomic E-state index is -0.186.